The summed E-state index contributed by atoms with van der Waals surface area (Å²) in [5, 5.41) is 12.7. The number of aryl methyl sites for hydroxylation is 2. The lowest BCUT2D eigenvalue weighted by atomic mass is 10.1. The Bertz CT molecular complexity index is 1060. The first-order valence-corrected chi connectivity index (χ1v) is 10.8. The number of sulfonamides is 1. The molecule has 0 radical (unpaired) electrons. The minimum atomic E-state index is -3.72. The average Bonchev–Trinajstić information content (AvgIpc) is 2.69. The third-order valence-corrected chi connectivity index (χ3v) is 5.87. The van der Waals surface area contributed by atoms with Crippen molar-refractivity contribution in [3.05, 3.63) is 64.7 Å². The number of benzene rings is 2. The summed E-state index contributed by atoms with van der Waals surface area (Å²) in [7, 11) is -3.72. The van der Waals surface area contributed by atoms with Crippen molar-refractivity contribution in [1.82, 2.24) is 10.1 Å². The van der Waals surface area contributed by atoms with Crippen LogP contribution >= 0.6 is 0 Å². The van der Waals surface area contributed by atoms with Crippen LogP contribution in [-0.2, 0) is 14.8 Å². The molecule has 0 bridgehead atoms. The molecule has 2 rings (SSSR count). The van der Waals surface area contributed by atoms with Crippen molar-refractivity contribution in [2.24, 2.45) is 5.10 Å². The fourth-order valence-electron chi connectivity index (χ4n) is 2.73. The molecule has 30 heavy (non-hydrogen) atoms. The van der Waals surface area contributed by atoms with Gasteiger partial charge in [0.1, 0.15) is 0 Å². The maximum absolute atomic E-state index is 12.3. The molecular weight excluding hydrogens is 406 g/mol. The molecule has 1 amide bonds. The van der Waals surface area contributed by atoms with E-state index in [2.05, 4.69) is 15.2 Å². The molecule has 0 saturated carbocycles. The highest BCUT2D eigenvalue weighted by Crippen LogP contribution is 2.12. The van der Waals surface area contributed by atoms with Gasteiger partial charge in [-0.15, -0.1) is 0 Å². The second kappa shape index (κ2) is 10.1. The Morgan fingerprint density at radius 1 is 1.07 bits per heavy atom. The number of nitrogens with one attached hydrogen (secondary N) is 2. The molecule has 0 fully saturated rings. The first-order valence-electron chi connectivity index (χ1n) is 9.34. The van der Waals surface area contributed by atoms with E-state index in [1.165, 1.54) is 12.1 Å². The molecule has 3 N–H and O–H groups in total. The number of aliphatic carboxylic acids is 1. The molecule has 160 valence electrons. The molecule has 0 heterocycles. The lowest BCUT2D eigenvalue weighted by molar-refractivity contribution is -0.137. The summed E-state index contributed by atoms with van der Waals surface area (Å²) in [6.45, 7) is 5.55. The summed E-state index contributed by atoms with van der Waals surface area (Å²) in [6.07, 6.45) is 0.101. The van der Waals surface area contributed by atoms with Gasteiger partial charge in [0, 0.05) is 18.5 Å². The van der Waals surface area contributed by atoms with Crippen molar-refractivity contribution < 1.29 is 23.1 Å². The van der Waals surface area contributed by atoms with Gasteiger partial charge in [-0.05, 0) is 56.5 Å². The molecule has 0 atom stereocenters. The highest BCUT2D eigenvalue weighted by atomic mass is 32.2. The number of carbonyl (C=O) groups excluding carboxylic acids is 1. The normalized spacial score (nSPS) is 11.9. The van der Waals surface area contributed by atoms with E-state index < -0.39 is 16.0 Å². The van der Waals surface area contributed by atoms with Gasteiger partial charge in [0.25, 0.3) is 5.91 Å². The van der Waals surface area contributed by atoms with Crippen LogP contribution in [0.1, 0.15) is 46.8 Å². The SMILES string of the molecule is C/C(=N/NC(=O)c1ccc(C)cc1C)c1ccc(S(=O)(=O)NCCCC(=O)O)cc1. The maximum Gasteiger partial charge on any atom is 0.303 e. The lowest BCUT2D eigenvalue weighted by Gasteiger charge is -2.08. The fraction of sp³-hybridized carbons (Fsp3) is 0.286. The van der Waals surface area contributed by atoms with Crippen molar-refractivity contribution in [2.75, 3.05) is 6.54 Å². The Morgan fingerprint density at radius 2 is 1.73 bits per heavy atom. The topological polar surface area (TPSA) is 125 Å². The standard InChI is InChI=1S/C21H25N3O5S/c1-14-6-11-19(15(2)13-14)21(27)24-23-16(3)17-7-9-18(10-8-17)30(28,29)22-12-4-5-20(25)26/h6-11,13,22H,4-5,12H2,1-3H3,(H,24,27)(H,25,26)/b23-16-. The average molecular weight is 432 g/mol. The number of carbonyl (C=O) groups is 2. The molecule has 0 unspecified atom stereocenters. The zero-order valence-corrected chi connectivity index (χ0v) is 17.9. The van der Waals surface area contributed by atoms with Crippen LogP contribution in [0.25, 0.3) is 0 Å². The summed E-state index contributed by atoms with van der Waals surface area (Å²) in [5.74, 6) is -1.30. The van der Waals surface area contributed by atoms with E-state index in [1.54, 1.807) is 25.1 Å². The molecule has 9 heteroatoms. The second-order valence-electron chi connectivity index (χ2n) is 6.88. The van der Waals surface area contributed by atoms with Gasteiger partial charge in [0.15, 0.2) is 0 Å². The first-order chi connectivity index (χ1) is 14.1. The van der Waals surface area contributed by atoms with E-state index in [0.717, 1.165) is 11.1 Å². The van der Waals surface area contributed by atoms with Crippen molar-refractivity contribution in [3.8, 4) is 0 Å². The van der Waals surface area contributed by atoms with E-state index in [-0.39, 0.29) is 30.2 Å². The largest absolute Gasteiger partial charge is 0.481 e. The molecule has 0 aromatic heterocycles. The van der Waals surface area contributed by atoms with Gasteiger partial charge >= 0.3 is 5.97 Å². The van der Waals surface area contributed by atoms with Gasteiger partial charge in [-0.25, -0.2) is 18.6 Å². The van der Waals surface area contributed by atoms with E-state index in [1.807, 2.05) is 26.0 Å². The number of hydrogen-bond donors (Lipinski definition) is 3. The van der Waals surface area contributed by atoms with Crippen molar-refractivity contribution >= 4 is 27.6 Å². The summed E-state index contributed by atoms with van der Waals surface area (Å²) < 4.78 is 26.8. The Labute approximate surface area is 176 Å². The van der Waals surface area contributed by atoms with Gasteiger partial charge in [0.05, 0.1) is 10.6 Å². The minimum absolute atomic E-state index is 0.0430. The molecule has 0 spiro atoms. The molecule has 0 saturated heterocycles. The lowest BCUT2D eigenvalue weighted by Crippen LogP contribution is -2.25. The Kier molecular flexibility index (Phi) is 7.85. The van der Waals surface area contributed by atoms with Crippen LogP contribution < -0.4 is 10.1 Å². The summed E-state index contributed by atoms with van der Waals surface area (Å²) in [4.78, 5) is 22.9. The van der Waals surface area contributed by atoms with Gasteiger partial charge in [-0.2, -0.15) is 5.10 Å². The molecular formula is C21H25N3O5S. The van der Waals surface area contributed by atoms with Crippen LogP contribution in [0.5, 0.6) is 0 Å². The van der Waals surface area contributed by atoms with E-state index in [0.29, 0.717) is 16.8 Å². The number of hydrogen-bond acceptors (Lipinski definition) is 5. The third kappa shape index (κ3) is 6.50. The molecule has 0 aliphatic carbocycles. The van der Waals surface area contributed by atoms with Gasteiger partial charge in [-0.3, -0.25) is 9.59 Å². The van der Waals surface area contributed by atoms with Gasteiger partial charge < -0.3 is 5.11 Å². The second-order valence-corrected chi connectivity index (χ2v) is 8.64. The van der Waals surface area contributed by atoms with Gasteiger partial charge in [0.2, 0.25) is 10.0 Å². The summed E-state index contributed by atoms with van der Waals surface area (Å²) in [5.41, 5.74) is 6.14. The van der Waals surface area contributed by atoms with Gasteiger partial charge in [-0.1, -0.05) is 29.8 Å². The number of carboxylic acids is 1. The highest BCUT2D eigenvalue weighted by molar-refractivity contribution is 7.89. The molecule has 0 aliphatic rings. The Balaban J connectivity index is 2.02. The van der Waals surface area contributed by atoms with E-state index >= 15 is 0 Å². The Morgan fingerprint density at radius 3 is 2.33 bits per heavy atom. The number of carboxylic acid groups (broad SMARTS) is 1. The zero-order valence-electron chi connectivity index (χ0n) is 17.1. The summed E-state index contributed by atoms with van der Waals surface area (Å²) in [6, 6.07) is 11.6. The van der Waals surface area contributed by atoms with Crippen molar-refractivity contribution in [3.63, 3.8) is 0 Å². The van der Waals surface area contributed by atoms with Crippen LogP contribution in [0.15, 0.2) is 52.5 Å². The predicted molar refractivity (Wildman–Crippen MR) is 114 cm³/mol. The monoisotopic (exact) mass is 431 g/mol. The smallest absolute Gasteiger partial charge is 0.303 e. The summed E-state index contributed by atoms with van der Waals surface area (Å²) >= 11 is 0. The minimum Gasteiger partial charge on any atom is -0.481 e. The third-order valence-electron chi connectivity index (χ3n) is 4.39. The number of nitrogens with zero attached hydrogens (tertiary/aromatic N) is 1. The maximum atomic E-state index is 12.3. The van der Waals surface area contributed by atoms with Crippen molar-refractivity contribution in [1.29, 1.82) is 0 Å². The molecule has 8 nitrogen and oxygen atoms in total. The van der Waals surface area contributed by atoms with E-state index in [4.69, 9.17) is 5.11 Å². The van der Waals surface area contributed by atoms with Crippen LogP contribution in [-0.4, -0.2) is 37.7 Å². The zero-order chi connectivity index (χ0) is 22.3. The van der Waals surface area contributed by atoms with E-state index in [9.17, 15) is 18.0 Å². The Hall–Kier alpha value is -3.04. The highest BCUT2D eigenvalue weighted by Gasteiger charge is 2.14. The predicted octanol–water partition coefficient (Wildman–Crippen LogP) is 2.60. The first kappa shape index (κ1) is 23.2. The number of hydrazone groups is 1. The van der Waals surface area contributed by atoms with Crippen LogP contribution in [0.2, 0.25) is 0 Å². The van der Waals surface area contributed by atoms with Crippen LogP contribution in [0, 0.1) is 13.8 Å². The van der Waals surface area contributed by atoms with Crippen LogP contribution in [0.4, 0.5) is 0 Å². The fourth-order valence-corrected chi connectivity index (χ4v) is 3.81. The molecule has 0 aliphatic heterocycles. The van der Waals surface area contributed by atoms with Crippen LogP contribution in [0.3, 0.4) is 0 Å². The molecule has 2 aromatic carbocycles. The molecule has 2 aromatic rings. The number of rotatable bonds is 9. The number of amides is 1. The van der Waals surface area contributed by atoms with Crippen molar-refractivity contribution in [2.45, 2.75) is 38.5 Å². The quantitative estimate of drug-likeness (QED) is 0.320.